The van der Waals surface area contributed by atoms with E-state index >= 15 is 0 Å². The van der Waals surface area contributed by atoms with Gasteiger partial charge in [-0.1, -0.05) is 47.0 Å². The zero-order valence-corrected chi connectivity index (χ0v) is 15.2. The summed E-state index contributed by atoms with van der Waals surface area (Å²) in [5.41, 5.74) is -1.28. The van der Waals surface area contributed by atoms with Crippen LogP contribution in [0.1, 0.15) is 72.6 Å². The molecule has 6 heteroatoms. The van der Waals surface area contributed by atoms with Gasteiger partial charge in [-0.15, -0.1) is 0 Å². The number of carboxylic acids is 3. The van der Waals surface area contributed by atoms with E-state index in [1.165, 1.54) is 0 Å². The summed E-state index contributed by atoms with van der Waals surface area (Å²) in [6.45, 7) is 7.07. The smallest absolute Gasteiger partial charge is 0.307 e. The summed E-state index contributed by atoms with van der Waals surface area (Å²) < 4.78 is 0. The number of carboxylic acid groups (broad SMARTS) is 3. The van der Waals surface area contributed by atoms with Crippen LogP contribution in [0.4, 0.5) is 0 Å². The third-order valence-corrected chi connectivity index (χ3v) is 5.28. The van der Waals surface area contributed by atoms with Gasteiger partial charge in [0.1, 0.15) is 0 Å². The van der Waals surface area contributed by atoms with Gasteiger partial charge < -0.3 is 15.3 Å². The van der Waals surface area contributed by atoms with Crippen molar-refractivity contribution in [2.75, 3.05) is 0 Å². The van der Waals surface area contributed by atoms with Crippen molar-refractivity contribution >= 4 is 17.9 Å². The van der Waals surface area contributed by atoms with Crippen molar-refractivity contribution in [1.29, 1.82) is 0 Å². The molecule has 3 atom stereocenters. The Kier molecular flexibility index (Phi) is 9.63. The van der Waals surface area contributed by atoms with E-state index in [0.29, 0.717) is 12.8 Å². The van der Waals surface area contributed by atoms with Gasteiger partial charge in [-0.25, -0.2) is 0 Å². The van der Waals surface area contributed by atoms with Crippen molar-refractivity contribution in [2.45, 2.75) is 72.6 Å². The van der Waals surface area contributed by atoms with Gasteiger partial charge in [0.2, 0.25) is 0 Å². The van der Waals surface area contributed by atoms with E-state index in [0.717, 1.165) is 12.8 Å². The predicted molar refractivity (Wildman–Crippen MR) is 90.8 cm³/mol. The fourth-order valence-electron chi connectivity index (χ4n) is 4.29. The summed E-state index contributed by atoms with van der Waals surface area (Å²) in [7, 11) is 0. The average molecular weight is 344 g/mol. The minimum Gasteiger partial charge on any atom is -0.481 e. The maximum Gasteiger partial charge on any atom is 0.307 e. The Morgan fingerprint density at radius 1 is 0.708 bits per heavy atom. The fraction of sp³-hybridized carbons (Fsp3) is 0.833. The second-order valence-corrected chi connectivity index (χ2v) is 6.47. The van der Waals surface area contributed by atoms with Gasteiger partial charge in [0.25, 0.3) is 0 Å². The highest BCUT2D eigenvalue weighted by molar-refractivity contribution is 5.80. The second kappa shape index (κ2) is 10.3. The Hall–Kier alpha value is -1.59. The SMILES string of the molecule is CCCCCC(C(CC)C(=O)O)(C(CC)C(=O)O)C(CC)C(=O)O. The highest BCUT2D eigenvalue weighted by Crippen LogP contribution is 2.51. The molecule has 24 heavy (non-hydrogen) atoms. The molecular weight excluding hydrogens is 312 g/mol. The van der Waals surface area contributed by atoms with Crippen molar-refractivity contribution in [1.82, 2.24) is 0 Å². The van der Waals surface area contributed by atoms with E-state index in [2.05, 4.69) is 0 Å². The molecule has 0 rings (SSSR count). The molecule has 0 aliphatic rings. The Morgan fingerprint density at radius 3 is 1.25 bits per heavy atom. The van der Waals surface area contributed by atoms with Crippen LogP contribution in [0.2, 0.25) is 0 Å². The highest BCUT2D eigenvalue weighted by Gasteiger charge is 2.56. The lowest BCUT2D eigenvalue weighted by atomic mass is 9.55. The molecule has 3 N–H and O–H groups in total. The number of hydrogen-bond donors (Lipinski definition) is 3. The van der Waals surface area contributed by atoms with Crippen molar-refractivity contribution in [3.8, 4) is 0 Å². The van der Waals surface area contributed by atoms with Gasteiger partial charge in [-0.05, 0) is 25.7 Å². The van der Waals surface area contributed by atoms with Crippen LogP contribution in [-0.2, 0) is 14.4 Å². The summed E-state index contributed by atoms with van der Waals surface area (Å²) in [5, 5.41) is 29.2. The molecule has 0 fully saturated rings. The molecule has 0 aliphatic carbocycles. The first-order valence-electron chi connectivity index (χ1n) is 8.92. The minimum absolute atomic E-state index is 0.217. The van der Waals surface area contributed by atoms with Crippen LogP contribution in [0, 0.1) is 23.2 Å². The van der Waals surface area contributed by atoms with Crippen LogP contribution in [-0.4, -0.2) is 33.2 Å². The molecule has 0 saturated heterocycles. The fourth-order valence-corrected chi connectivity index (χ4v) is 4.29. The Balaban J connectivity index is 6.41. The van der Waals surface area contributed by atoms with Crippen molar-refractivity contribution < 1.29 is 29.7 Å². The van der Waals surface area contributed by atoms with Crippen LogP contribution in [0.15, 0.2) is 0 Å². The van der Waals surface area contributed by atoms with E-state index in [4.69, 9.17) is 0 Å². The van der Waals surface area contributed by atoms with Crippen LogP contribution in [0.3, 0.4) is 0 Å². The first-order valence-corrected chi connectivity index (χ1v) is 8.92. The maximum atomic E-state index is 11.9. The van der Waals surface area contributed by atoms with Crippen molar-refractivity contribution in [3.05, 3.63) is 0 Å². The molecule has 0 radical (unpaired) electrons. The standard InChI is InChI=1S/C18H32O6/c1-5-9-10-11-18(12(6-2)15(19)20,13(7-3)16(21)22)14(8-4)17(23)24/h12-14H,5-11H2,1-4H3,(H,19,20)(H,21,22)(H,23,24). The summed E-state index contributed by atoms with van der Waals surface area (Å²) >= 11 is 0. The molecule has 0 aliphatic heterocycles. The normalized spacial score (nSPS) is 17.5. The molecule has 140 valence electrons. The van der Waals surface area contributed by atoms with Gasteiger partial charge in [-0.2, -0.15) is 0 Å². The molecule has 0 bridgehead atoms. The van der Waals surface area contributed by atoms with Crippen molar-refractivity contribution in [3.63, 3.8) is 0 Å². The molecule has 0 spiro atoms. The van der Waals surface area contributed by atoms with Crippen LogP contribution in [0.5, 0.6) is 0 Å². The Bertz CT molecular complexity index is 376. The van der Waals surface area contributed by atoms with Gasteiger partial charge in [-0.3, -0.25) is 14.4 Å². The summed E-state index contributed by atoms with van der Waals surface area (Å²) in [5.74, 6) is -6.28. The molecular formula is C18H32O6. The monoisotopic (exact) mass is 344 g/mol. The minimum atomic E-state index is -1.28. The Morgan fingerprint density at radius 2 is 1.04 bits per heavy atom. The van der Waals surface area contributed by atoms with Gasteiger partial charge in [0, 0.05) is 5.41 Å². The van der Waals surface area contributed by atoms with E-state index < -0.39 is 41.1 Å². The molecule has 6 nitrogen and oxygen atoms in total. The molecule has 0 saturated carbocycles. The van der Waals surface area contributed by atoms with Crippen LogP contribution >= 0.6 is 0 Å². The predicted octanol–water partition coefficient (Wildman–Crippen LogP) is 3.89. The number of rotatable bonds is 13. The first-order chi connectivity index (χ1) is 11.2. The van der Waals surface area contributed by atoms with E-state index in [9.17, 15) is 29.7 Å². The lowest BCUT2D eigenvalue weighted by molar-refractivity contribution is -0.170. The molecule has 0 aromatic heterocycles. The summed E-state index contributed by atoms with van der Waals surface area (Å²) in [6.07, 6.45) is 3.31. The molecule has 0 amide bonds. The number of aliphatic carboxylic acids is 3. The van der Waals surface area contributed by atoms with Gasteiger partial charge in [0.05, 0.1) is 17.8 Å². The molecule has 0 aromatic rings. The zero-order valence-electron chi connectivity index (χ0n) is 15.2. The van der Waals surface area contributed by atoms with E-state index in [1.807, 2.05) is 6.92 Å². The lowest BCUT2D eigenvalue weighted by Gasteiger charge is -2.46. The molecule has 3 unspecified atom stereocenters. The number of unbranched alkanes of at least 4 members (excludes halogenated alkanes) is 2. The second-order valence-electron chi connectivity index (χ2n) is 6.47. The van der Waals surface area contributed by atoms with E-state index in [-0.39, 0.29) is 19.3 Å². The summed E-state index contributed by atoms with van der Waals surface area (Å²) in [6, 6.07) is 0. The van der Waals surface area contributed by atoms with Crippen LogP contribution in [0.25, 0.3) is 0 Å². The first kappa shape index (κ1) is 22.4. The quantitative estimate of drug-likeness (QED) is 0.437. The van der Waals surface area contributed by atoms with Crippen LogP contribution < -0.4 is 0 Å². The third kappa shape index (κ3) is 4.71. The number of hydrogen-bond acceptors (Lipinski definition) is 3. The third-order valence-electron chi connectivity index (χ3n) is 5.28. The van der Waals surface area contributed by atoms with Gasteiger partial charge in [0.15, 0.2) is 0 Å². The van der Waals surface area contributed by atoms with Crippen molar-refractivity contribution in [2.24, 2.45) is 23.2 Å². The topological polar surface area (TPSA) is 112 Å². The lowest BCUT2D eigenvalue weighted by Crippen LogP contribution is -2.52. The largest absolute Gasteiger partial charge is 0.481 e. The molecule has 0 aromatic carbocycles. The molecule has 0 heterocycles. The van der Waals surface area contributed by atoms with E-state index in [1.54, 1.807) is 20.8 Å². The maximum absolute atomic E-state index is 11.9. The zero-order chi connectivity index (χ0) is 18.9. The van der Waals surface area contributed by atoms with Gasteiger partial charge >= 0.3 is 17.9 Å². The number of carbonyl (C=O) groups is 3. The average Bonchev–Trinajstić information content (AvgIpc) is 2.48. The Labute approximate surface area is 144 Å². The highest BCUT2D eigenvalue weighted by atomic mass is 16.4. The summed E-state index contributed by atoms with van der Waals surface area (Å²) in [4.78, 5) is 35.7.